The van der Waals surface area contributed by atoms with Gasteiger partial charge in [0.05, 0.1) is 0 Å². The normalized spacial score (nSPS) is 25.4. The summed E-state index contributed by atoms with van der Waals surface area (Å²) >= 11 is 0. The molecule has 3 fully saturated rings. The van der Waals surface area contributed by atoms with Crippen molar-refractivity contribution in [1.82, 2.24) is 4.90 Å². The molecule has 2 bridgehead atoms. The van der Waals surface area contributed by atoms with E-state index in [0.29, 0.717) is 11.5 Å². The fourth-order valence-corrected chi connectivity index (χ4v) is 4.02. The molecule has 0 saturated carbocycles. The third kappa shape index (κ3) is 5.36. The summed E-state index contributed by atoms with van der Waals surface area (Å²) in [6.07, 6.45) is 4.31. The molecule has 2 unspecified atom stereocenters. The second-order valence-electron chi connectivity index (χ2n) is 8.01. The van der Waals surface area contributed by atoms with Gasteiger partial charge in [0.1, 0.15) is 11.9 Å². The van der Waals surface area contributed by atoms with E-state index >= 15 is 0 Å². The Kier molecular flexibility index (Phi) is 6.91. The highest BCUT2D eigenvalue weighted by atomic mass is 19.1. The highest BCUT2D eigenvalue weighted by molar-refractivity contribution is 5.62. The Bertz CT molecular complexity index is 821. The summed E-state index contributed by atoms with van der Waals surface area (Å²) in [5, 5.41) is 0. The number of halogens is 1. The number of ether oxygens (including phenoxy) is 2. The van der Waals surface area contributed by atoms with Gasteiger partial charge in [0.25, 0.3) is 0 Å². The van der Waals surface area contributed by atoms with Crippen LogP contribution in [0.25, 0.3) is 0 Å². The van der Waals surface area contributed by atoms with Crippen LogP contribution in [0.15, 0.2) is 59.7 Å². The SMILES string of the molecule is C=C(C)C(=CC(C)=CC)C(OC(=O)OC1CN2CCC1CC2)c1cccc(F)c1. The average Bonchev–Trinajstić information content (AvgIpc) is 2.71. The van der Waals surface area contributed by atoms with Crippen molar-refractivity contribution >= 4 is 6.16 Å². The molecule has 29 heavy (non-hydrogen) atoms. The number of hydrogen-bond acceptors (Lipinski definition) is 4. The largest absolute Gasteiger partial charge is 0.509 e. The van der Waals surface area contributed by atoms with E-state index in [4.69, 9.17) is 9.47 Å². The molecular weight excluding hydrogens is 369 g/mol. The van der Waals surface area contributed by atoms with Crippen LogP contribution in [0.5, 0.6) is 0 Å². The minimum atomic E-state index is -0.785. The Hall–Kier alpha value is -2.40. The van der Waals surface area contributed by atoms with Crippen LogP contribution < -0.4 is 0 Å². The van der Waals surface area contributed by atoms with E-state index in [-0.39, 0.29) is 11.9 Å². The van der Waals surface area contributed by atoms with E-state index in [1.54, 1.807) is 12.1 Å². The van der Waals surface area contributed by atoms with Gasteiger partial charge in [-0.2, -0.15) is 0 Å². The molecule has 4 nitrogen and oxygen atoms in total. The van der Waals surface area contributed by atoms with Crippen LogP contribution in [0.3, 0.4) is 0 Å². The van der Waals surface area contributed by atoms with E-state index in [0.717, 1.165) is 49.2 Å². The van der Waals surface area contributed by atoms with Crippen LogP contribution in [-0.4, -0.2) is 36.8 Å². The van der Waals surface area contributed by atoms with Crippen molar-refractivity contribution in [2.75, 3.05) is 19.6 Å². The maximum atomic E-state index is 13.9. The van der Waals surface area contributed by atoms with Gasteiger partial charge in [-0.1, -0.05) is 42.0 Å². The third-order valence-electron chi connectivity index (χ3n) is 5.82. The van der Waals surface area contributed by atoms with Gasteiger partial charge >= 0.3 is 6.16 Å². The molecule has 1 aromatic rings. The van der Waals surface area contributed by atoms with Crippen molar-refractivity contribution in [3.8, 4) is 0 Å². The third-order valence-corrected chi connectivity index (χ3v) is 5.82. The summed E-state index contributed by atoms with van der Waals surface area (Å²) in [7, 11) is 0. The molecule has 3 aliphatic heterocycles. The lowest BCUT2D eigenvalue weighted by molar-refractivity contribution is -0.0643. The highest BCUT2D eigenvalue weighted by Gasteiger charge is 2.37. The Labute approximate surface area is 172 Å². The first kappa shape index (κ1) is 21.3. The molecule has 0 aromatic heterocycles. The molecule has 3 heterocycles. The number of carbonyl (C=O) groups is 1. The smallest absolute Gasteiger partial charge is 0.429 e. The predicted octanol–water partition coefficient (Wildman–Crippen LogP) is 5.58. The number of nitrogens with zero attached hydrogens (tertiary/aromatic N) is 1. The van der Waals surface area contributed by atoms with Crippen molar-refractivity contribution < 1.29 is 18.7 Å². The summed E-state index contributed by atoms with van der Waals surface area (Å²) in [5.41, 5.74) is 3.01. The van der Waals surface area contributed by atoms with E-state index in [1.807, 2.05) is 32.9 Å². The summed E-state index contributed by atoms with van der Waals surface area (Å²) < 4.78 is 25.4. The maximum Gasteiger partial charge on any atom is 0.509 e. The molecule has 3 saturated heterocycles. The molecule has 2 atom stereocenters. The number of fused-ring (bicyclic) bond motifs is 3. The Morgan fingerprint density at radius 2 is 2.03 bits per heavy atom. The quantitative estimate of drug-likeness (QED) is 0.462. The van der Waals surface area contributed by atoms with E-state index in [9.17, 15) is 9.18 Å². The van der Waals surface area contributed by atoms with E-state index in [1.165, 1.54) is 12.1 Å². The summed E-state index contributed by atoms with van der Waals surface area (Å²) in [4.78, 5) is 15.0. The lowest BCUT2D eigenvalue weighted by atomic mass is 9.86. The van der Waals surface area contributed by atoms with Crippen LogP contribution in [0.2, 0.25) is 0 Å². The zero-order chi connectivity index (χ0) is 21.0. The van der Waals surface area contributed by atoms with Gasteiger partial charge in [-0.15, -0.1) is 0 Å². The van der Waals surface area contributed by atoms with Gasteiger partial charge in [-0.3, -0.25) is 4.90 Å². The Balaban J connectivity index is 1.83. The fraction of sp³-hybridized carbons (Fsp3) is 0.458. The molecule has 0 radical (unpaired) electrons. The number of benzene rings is 1. The van der Waals surface area contributed by atoms with Crippen LogP contribution in [0, 0.1) is 11.7 Å². The van der Waals surface area contributed by atoms with Crippen molar-refractivity contribution in [3.63, 3.8) is 0 Å². The zero-order valence-electron chi connectivity index (χ0n) is 17.5. The summed E-state index contributed by atoms with van der Waals surface area (Å²) in [6, 6.07) is 6.11. The van der Waals surface area contributed by atoms with E-state index < -0.39 is 12.3 Å². The number of carbonyl (C=O) groups excluding carboxylic acids is 1. The van der Waals surface area contributed by atoms with Crippen LogP contribution >= 0.6 is 0 Å². The van der Waals surface area contributed by atoms with Gasteiger partial charge in [-0.25, -0.2) is 9.18 Å². The molecule has 4 rings (SSSR count). The Morgan fingerprint density at radius 3 is 2.59 bits per heavy atom. The van der Waals surface area contributed by atoms with Crippen molar-refractivity contribution in [2.24, 2.45) is 5.92 Å². The first-order valence-electron chi connectivity index (χ1n) is 10.2. The predicted molar refractivity (Wildman–Crippen MR) is 112 cm³/mol. The van der Waals surface area contributed by atoms with Crippen molar-refractivity contribution in [3.05, 3.63) is 71.1 Å². The molecule has 1 aromatic carbocycles. The first-order chi connectivity index (χ1) is 13.9. The highest BCUT2D eigenvalue weighted by Crippen LogP contribution is 2.34. The zero-order valence-corrected chi connectivity index (χ0v) is 17.5. The first-order valence-corrected chi connectivity index (χ1v) is 10.2. The maximum absolute atomic E-state index is 13.9. The topological polar surface area (TPSA) is 38.8 Å². The fourth-order valence-electron chi connectivity index (χ4n) is 4.02. The lowest BCUT2D eigenvalue weighted by Gasteiger charge is -2.43. The molecule has 5 heteroatoms. The standard InChI is InChI=1S/C24H30FNO3/c1-5-17(4)13-21(16(2)3)23(19-7-6-8-20(25)14-19)29-24(27)28-22-15-26-11-9-18(22)10-12-26/h5-8,13-14,18,22-23H,2,9-12,15H2,1,3-4H3. The number of hydrogen-bond donors (Lipinski definition) is 0. The van der Waals surface area contributed by atoms with Gasteiger partial charge in [-0.05, 0) is 70.3 Å². The van der Waals surface area contributed by atoms with E-state index in [2.05, 4.69) is 11.5 Å². The summed E-state index contributed by atoms with van der Waals surface area (Å²) in [5.74, 6) is 0.00673. The molecule has 0 spiro atoms. The lowest BCUT2D eigenvalue weighted by Crippen LogP contribution is -2.52. The van der Waals surface area contributed by atoms with Crippen molar-refractivity contribution in [1.29, 1.82) is 0 Å². The van der Waals surface area contributed by atoms with Crippen LogP contribution in [0.4, 0.5) is 9.18 Å². The van der Waals surface area contributed by atoms with Crippen LogP contribution in [-0.2, 0) is 9.47 Å². The van der Waals surface area contributed by atoms with Gasteiger partial charge < -0.3 is 9.47 Å². The van der Waals surface area contributed by atoms with Crippen LogP contribution in [0.1, 0.15) is 45.3 Å². The second-order valence-corrected chi connectivity index (χ2v) is 8.01. The number of rotatable bonds is 6. The minimum Gasteiger partial charge on any atom is -0.429 e. The van der Waals surface area contributed by atoms with Crippen molar-refractivity contribution in [2.45, 2.75) is 45.8 Å². The van der Waals surface area contributed by atoms with Gasteiger partial charge in [0, 0.05) is 12.1 Å². The van der Waals surface area contributed by atoms with Gasteiger partial charge in [0.2, 0.25) is 0 Å². The average molecular weight is 400 g/mol. The molecule has 0 aliphatic carbocycles. The number of piperidine rings is 3. The second kappa shape index (κ2) is 9.40. The molecule has 156 valence electrons. The van der Waals surface area contributed by atoms with Gasteiger partial charge in [0.15, 0.2) is 6.10 Å². The molecule has 0 amide bonds. The number of allylic oxidation sites excluding steroid dienone is 3. The molecular formula is C24H30FNO3. The molecule has 0 N–H and O–H groups in total. The summed E-state index contributed by atoms with van der Waals surface area (Å²) in [6.45, 7) is 12.7. The monoisotopic (exact) mass is 399 g/mol. The Morgan fingerprint density at radius 1 is 1.31 bits per heavy atom. The molecule has 3 aliphatic rings. The minimum absolute atomic E-state index is 0.146.